The van der Waals surface area contributed by atoms with Crippen molar-refractivity contribution in [3.05, 3.63) is 17.5 Å². The number of aryl methyl sites for hydroxylation is 1. The van der Waals surface area contributed by atoms with Gasteiger partial charge in [0.2, 0.25) is 5.91 Å². The number of nitrogens with zero attached hydrogens (tertiary/aromatic N) is 1. The van der Waals surface area contributed by atoms with Gasteiger partial charge < -0.3 is 15.6 Å². The van der Waals surface area contributed by atoms with Gasteiger partial charge in [0.15, 0.2) is 5.76 Å². The zero-order valence-corrected chi connectivity index (χ0v) is 10.2. The number of hydrogen-bond acceptors (Lipinski definition) is 4. The predicted octanol–water partition coefficient (Wildman–Crippen LogP) is 0.973. The molecule has 5 nitrogen and oxygen atoms in total. The molecular weight excluding hydrogens is 206 g/mol. The topological polar surface area (TPSA) is 81.2 Å². The number of aromatic nitrogens is 1. The van der Waals surface area contributed by atoms with Crippen molar-refractivity contribution in [2.24, 2.45) is 11.1 Å². The van der Waals surface area contributed by atoms with E-state index in [0.29, 0.717) is 12.3 Å². The minimum absolute atomic E-state index is 0.179. The molecule has 0 saturated heterocycles. The van der Waals surface area contributed by atoms with Crippen LogP contribution in [0.2, 0.25) is 0 Å². The lowest BCUT2D eigenvalue weighted by molar-refractivity contribution is -0.124. The van der Waals surface area contributed by atoms with E-state index in [1.54, 1.807) is 6.07 Å². The Morgan fingerprint density at radius 1 is 1.62 bits per heavy atom. The van der Waals surface area contributed by atoms with E-state index in [1.165, 1.54) is 0 Å². The Morgan fingerprint density at radius 3 is 2.69 bits per heavy atom. The Hall–Kier alpha value is -1.36. The molecule has 0 spiro atoms. The van der Waals surface area contributed by atoms with Crippen molar-refractivity contribution >= 4 is 5.91 Å². The van der Waals surface area contributed by atoms with E-state index in [-0.39, 0.29) is 11.3 Å². The summed E-state index contributed by atoms with van der Waals surface area (Å²) >= 11 is 0. The highest BCUT2D eigenvalue weighted by Crippen LogP contribution is 2.17. The molecule has 1 atom stereocenters. The van der Waals surface area contributed by atoms with E-state index >= 15 is 0 Å². The van der Waals surface area contributed by atoms with Crippen LogP contribution in [0, 0.1) is 12.3 Å². The summed E-state index contributed by atoms with van der Waals surface area (Å²) in [6.07, 6.45) is 0. The van der Waals surface area contributed by atoms with Crippen LogP contribution in [0.25, 0.3) is 0 Å². The molecule has 16 heavy (non-hydrogen) atoms. The number of hydrogen-bond donors (Lipinski definition) is 2. The second-order valence-electron chi connectivity index (χ2n) is 5.00. The van der Waals surface area contributed by atoms with Gasteiger partial charge in [-0.3, -0.25) is 4.79 Å². The van der Waals surface area contributed by atoms with Crippen LogP contribution in [0.1, 0.15) is 32.2 Å². The second kappa shape index (κ2) is 4.65. The fraction of sp³-hybridized carbons (Fsp3) is 0.636. The molecule has 0 aliphatic rings. The van der Waals surface area contributed by atoms with E-state index in [9.17, 15) is 4.79 Å². The molecule has 0 fully saturated rings. The highest BCUT2D eigenvalue weighted by Gasteiger charge is 2.27. The van der Waals surface area contributed by atoms with Gasteiger partial charge in [-0.15, -0.1) is 0 Å². The third-order valence-electron chi connectivity index (χ3n) is 2.33. The zero-order chi connectivity index (χ0) is 12.3. The quantitative estimate of drug-likeness (QED) is 0.803. The van der Waals surface area contributed by atoms with Crippen molar-refractivity contribution in [3.8, 4) is 0 Å². The van der Waals surface area contributed by atoms with Crippen molar-refractivity contribution < 1.29 is 9.32 Å². The lowest BCUT2D eigenvalue weighted by Crippen LogP contribution is -2.48. The van der Waals surface area contributed by atoms with Crippen molar-refractivity contribution in [3.63, 3.8) is 0 Å². The average molecular weight is 225 g/mol. The van der Waals surface area contributed by atoms with Gasteiger partial charge in [-0.25, -0.2) is 0 Å². The van der Waals surface area contributed by atoms with Crippen LogP contribution >= 0.6 is 0 Å². The minimum Gasteiger partial charge on any atom is -0.359 e. The van der Waals surface area contributed by atoms with Gasteiger partial charge in [-0.2, -0.15) is 0 Å². The smallest absolute Gasteiger partial charge is 0.237 e. The lowest BCUT2D eigenvalue weighted by atomic mass is 9.87. The van der Waals surface area contributed by atoms with Crippen LogP contribution in [-0.4, -0.2) is 17.1 Å². The Kier molecular flexibility index (Phi) is 3.70. The number of rotatable bonds is 3. The molecule has 0 aromatic carbocycles. The number of nitrogens with one attached hydrogen (secondary N) is 1. The van der Waals surface area contributed by atoms with Crippen LogP contribution in [0.3, 0.4) is 0 Å². The Balaban J connectivity index is 2.47. The molecule has 1 heterocycles. The molecule has 3 N–H and O–H groups in total. The molecule has 0 saturated carbocycles. The lowest BCUT2D eigenvalue weighted by Gasteiger charge is -2.25. The SMILES string of the molecule is Cc1cc(CNC(=O)[C@@H](N)C(C)(C)C)on1. The summed E-state index contributed by atoms with van der Waals surface area (Å²) in [5.41, 5.74) is 6.35. The number of amides is 1. The Morgan fingerprint density at radius 2 is 2.25 bits per heavy atom. The van der Waals surface area contributed by atoms with Gasteiger partial charge in [-0.1, -0.05) is 25.9 Å². The molecule has 0 radical (unpaired) electrons. The van der Waals surface area contributed by atoms with E-state index in [0.717, 1.165) is 5.69 Å². The first kappa shape index (κ1) is 12.7. The van der Waals surface area contributed by atoms with Gasteiger partial charge >= 0.3 is 0 Å². The molecule has 1 aromatic heterocycles. The predicted molar refractivity (Wildman–Crippen MR) is 60.5 cm³/mol. The molecule has 0 aliphatic heterocycles. The summed E-state index contributed by atoms with van der Waals surface area (Å²) in [5, 5.41) is 6.45. The summed E-state index contributed by atoms with van der Waals surface area (Å²) in [6.45, 7) is 7.93. The van der Waals surface area contributed by atoms with Gasteiger partial charge in [0.25, 0.3) is 0 Å². The second-order valence-corrected chi connectivity index (χ2v) is 5.00. The maximum atomic E-state index is 11.7. The first-order chi connectivity index (χ1) is 7.30. The van der Waals surface area contributed by atoms with Crippen LogP contribution in [0.15, 0.2) is 10.6 Å². The van der Waals surface area contributed by atoms with Gasteiger partial charge in [0, 0.05) is 6.07 Å². The van der Waals surface area contributed by atoms with Crippen molar-refractivity contribution in [1.29, 1.82) is 0 Å². The van der Waals surface area contributed by atoms with E-state index in [2.05, 4.69) is 10.5 Å². The highest BCUT2D eigenvalue weighted by molar-refractivity contribution is 5.82. The number of nitrogens with two attached hydrogens (primary N) is 1. The first-order valence-corrected chi connectivity index (χ1v) is 5.26. The van der Waals surface area contributed by atoms with Crippen molar-refractivity contribution in [1.82, 2.24) is 10.5 Å². The van der Waals surface area contributed by atoms with Crippen molar-refractivity contribution in [2.75, 3.05) is 0 Å². The molecule has 1 aromatic rings. The average Bonchev–Trinajstić information content (AvgIpc) is 2.58. The minimum atomic E-state index is -0.531. The Labute approximate surface area is 95.4 Å². The molecule has 0 aliphatic carbocycles. The first-order valence-electron chi connectivity index (χ1n) is 5.26. The van der Waals surface area contributed by atoms with E-state index < -0.39 is 6.04 Å². The molecule has 5 heteroatoms. The summed E-state index contributed by atoms with van der Waals surface area (Å²) in [4.78, 5) is 11.7. The molecule has 1 rings (SSSR count). The number of carbonyl (C=O) groups excluding carboxylic acids is 1. The van der Waals surface area contributed by atoms with Crippen LogP contribution in [0.5, 0.6) is 0 Å². The maximum absolute atomic E-state index is 11.7. The number of carbonyl (C=O) groups is 1. The summed E-state index contributed by atoms with van der Waals surface area (Å²) in [7, 11) is 0. The van der Waals surface area contributed by atoms with Crippen LogP contribution in [-0.2, 0) is 11.3 Å². The van der Waals surface area contributed by atoms with E-state index in [1.807, 2.05) is 27.7 Å². The standard InChI is InChI=1S/C11H19N3O2/c1-7-5-8(16-14-7)6-13-10(15)9(12)11(2,3)4/h5,9H,6,12H2,1-4H3,(H,13,15)/t9-/m1/s1. The molecule has 0 bridgehead atoms. The van der Waals surface area contributed by atoms with Gasteiger partial charge in [-0.05, 0) is 12.3 Å². The van der Waals surface area contributed by atoms with Gasteiger partial charge in [0.05, 0.1) is 18.3 Å². The summed E-state index contributed by atoms with van der Waals surface area (Å²) in [6, 6.07) is 1.25. The molecule has 1 amide bonds. The third-order valence-corrected chi connectivity index (χ3v) is 2.33. The monoisotopic (exact) mass is 225 g/mol. The fourth-order valence-electron chi connectivity index (χ4n) is 1.18. The fourth-order valence-corrected chi connectivity index (χ4v) is 1.18. The Bertz CT molecular complexity index is 366. The van der Waals surface area contributed by atoms with Crippen LogP contribution in [0.4, 0.5) is 0 Å². The molecule has 90 valence electrons. The van der Waals surface area contributed by atoms with E-state index in [4.69, 9.17) is 10.3 Å². The highest BCUT2D eigenvalue weighted by atomic mass is 16.5. The van der Waals surface area contributed by atoms with Crippen LogP contribution < -0.4 is 11.1 Å². The summed E-state index contributed by atoms with van der Waals surface area (Å²) < 4.78 is 4.97. The zero-order valence-electron chi connectivity index (χ0n) is 10.2. The van der Waals surface area contributed by atoms with Gasteiger partial charge in [0.1, 0.15) is 0 Å². The molecule has 0 unspecified atom stereocenters. The largest absolute Gasteiger partial charge is 0.359 e. The van der Waals surface area contributed by atoms with Crippen molar-refractivity contribution in [2.45, 2.75) is 40.3 Å². The summed E-state index contributed by atoms with van der Waals surface area (Å²) in [5.74, 6) is 0.452. The maximum Gasteiger partial charge on any atom is 0.237 e. The normalized spacial score (nSPS) is 13.6. The molecular formula is C11H19N3O2. The third kappa shape index (κ3) is 3.34.